The van der Waals surface area contributed by atoms with Crippen molar-refractivity contribution in [2.75, 3.05) is 25.0 Å². The lowest BCUT2D eigenvalue weighted by atomic mass is 10.1. The standard InChI is InChI=1S/C17H25N3O/c1-5-9-19-16-8-7-15(10-14(16)4)17(21)20(6-2)12-13(3)11-18/h7-8,10,13,19H,5-6,9,12H2,1-4H3. The van der Waals surface area contributed by atoms with Crippen molar-refractivity contribution in [2.45, 2.75) is 34.1 Å². The largest absolute Gasteiger partial charge is 0.385 e. The van der Waals surface area contributed by atoms with Crippen molar-refractivity contribution in [3.05, 3.63) is 29.3 Å². The molecule has 1 N–H and O–H groups in total. The Labute approximate surface area is 127 Å². The van der Waals surface area contributed by atoms with Crippen molar-refractivity contribution >= 4 is 11.6 Å². The zero-order valence-corrected chi connectivity index (χ0v) is 13.4. The van der Waals surface area contributed by atoms with E-state index in [0.717, 1.165) is 24.2 Å². The van der Waals surface area contributed by atoms with Crippen LogP contribution in [-0.2, 0) is 0 Å². The molecule has 114 valence electrons. The van der Waals surface area contributed by atoms with Crippen LogP contribution in [0.25, 0.3) is 0 Å². The smallest absolute Gasteiger partial charge is 0.253 e. The Kier molecular flexibility index (Phi) is 6.74. The first-order chi connectivity index (χ1) is 10.0. The average Bonchev–Trinajstić information content (AvgIpc) is 2.50. The second kappa shape index (κ2) is 8.31. The van der Waals surface area contributed by atoms with E-state index in [2.05, 4.69) is 18.3 Å². The summed E-state index contributed by atoms with van der Waals surface area (Å²) in [5, 5.41) is 12.2. The number of anilines is 1. The van der Waals surface area contributed by atoms with Crippen molar-refractivity contribution in [2.24, 2.45) is 5.92 Å². The summed E-state index contributed by atoms with van der Waals surface area (Å²) < 4.78 is 0. The van der Waals surface area contributed by atoms with Gasteiger partial charge >= 0.3 is 0 Å². The van der Waals surface area contributed by atoms with Gasteiger partial charge in [-0.2, -0.15) is 5.26 Å². The first kappa shape index (κ1) is 17.0. The minimum Gasteiger partial charge on any atom is -0.385 e. The number of hydrogen-bond acceptors (Lipinski definition) is 3. The highest BCUT2D eigenvalue weighted by Gasteiger charge is 2.17. The molecule has 4 heteroatoms. The highest BCUT2D eigenvalue weighted by atomic mass is 16.2. The molecule has 0 saturated heterocycles. The van der Waals surface area contributed by atoms with Crippen molar-refractivity contribution in [3.63, 3.8) is 0 Å². The Morgan fingerprint density at radius 3 is 2.67 bits per heavy atom. The Morgan fingerprint density at radius 2 is 2.14 bits per heavy atom. The molecule has 1 unspecified atom stereocenters. The van der Waals surface area contributed by atoms with Crippen LogP contribution in [0.3, 0.4) is 0 Å². The summed E-state index contributed by atoms with van der Waals surface area (Å²) in [6, 6.07) is 7.90. The topological polar surface area (TPSA) is 56.1 Å². The third-order valence-electron chi connectivity index (χ3n) is 3.42. The summed E-state index contributed by atoms with van der Waals surface area (Å²) in [6.07, 6.45) is 1.07. The van der Waals surface area contributed by atoms with Crippen molar-refractivity contribution in [3.8, 4) is 6.07 Å². The number of nitrogens with one attached hydrogen (secondary N) is 1. The predicted molar refractivity (Wildman–Crippen MR) is 86.3 cm³/mol. The number of nitrogens with zero attached hydrogens (tertiary/aromatic N) is 2. The summed E-state index contributed by atoms with van der Waals surface area (Å²) >= 11 is 0. The minimum atomic E-state index is -0.152. The van der Waals surface area contributed by atoms with E-state index in [1.165, 1.54) is 0 Å². The van der Waals surface area contributed by atoms with Gasteiger partial charge in [0.1, 0.15) is 0 Å². The van der Waals surface area contributed by atoms with E-state index >= 15 is 0 Å². The lowest BCUT2D eigenvalue weighted by Crippen LogP contribution is -2.34. The third kappa shape index (κ3) is 4.78. The van der Waals surface area contributed by atoms with Crippen LogP contribution in [0.4, 0.5) is 5.69 Å². The normalized spacial score (nSPS) is 11.6. The van der Waals surface area contributed by atoms with E-state index in [9.17, 15) is 4.79 Å². The fourth-order valence-corrected chi connectivity index (χ4v) is 2.16. The van der Waals surface area contributed by atoms with Gasteiger partial charge in [-0.1, -0.05) is 6.92 Å². The quantitative estimate of drug-likeness (QED) is 0.835. The van der Waals surface area contributed by atoms with Crippen molar-refractivity contribution in [1.29, 1.82) is 5.26 Å². The van der Waals surface area contributed by atoms with E-state index in [4.69, 9.17) is 5.26 Å². The molecule has 0 bridgehead atoms. The number of benzene rings is 1. The molecule has 0 radical (unpaired) electrons. The molecule has 0 aromatic heterocycles. The number of nitriles is 1. The first-order valence-electron chi connectivity index (χ1n) is 7.56. The average molecular weight is 287 g/mol. The fourth-order valence-electron chi connectivity index (χ4n) is 2.16. The van der Waals surface area contributed by atoms with Gasteiger partial charge in [0.15, 0.2) is 0 Å². The number of aryl methyl sites for hydroxylation is 1. The molecule has 0 aliphatic carbocycles. The van der Waals surface area contributed by atoms with Gasteiger partial charge in [-0.15, -0.1) is 0 Å². The van der Waals surface area contributed by atoms with Gasteiger partial charge < -0.3 is 10.2 Å². The minimum absolute atomic E-state index is 0.00950. The van der Waals surface area contributed by atoms with Crippen LogP contribution in [0.1, 0.15) is 43.1 Å². The Morgan fingerprint density at radius 1 is 1.43 bits per heavy atom. The molecule has 1 atom stereocenters. The number of rotatable bonds is 7. The molecule has 1 rings (SSSR count). The number of carbonyl (C=O) groups is 1. The van der Waals surface area contributed by atoms with Gasteiger partial charge in [-0.3, -0.25) is 4.79 Å². The van der Waals surface area contributed by atoms with Crippen LogP contribution in [0, 0.1) is 24.2 Å². The molecule has 0 heterocycles. The molecule has 1 aromatic carbocycles. The van der Waals surface area contributed by atoms with Gasteiger partial charge in [0.2, 0.25) is 0 Å². The van der Waals surface area contributed by atoms with Crippen LogP contribution >= 0.6 is 0 Å². The van der Waals surface area contributed by atoms with Gasteiger partial charge in [0.25, 0.3) is 5.91 Å². The SMILES string of the molecule is CCCNc1ccc(C(=O)N(CC)CC(C)C#N)cc1C. The highest BCUT2D eigenvalue weighted by Crippen LogP contribution is 2.18. The van der Waals surface area contributed by atoms with Gasteiger partial charge in [0.05, 0.1) is 12.0 Å². The van der Waals surface area contributed by atoms with Crippen LogP contribution in [0.15, 0.2) is 18.2 Å². The van der Waals surface area contributed by atoms with Crippen LogP contribution in [0.2, 0.25) is 0 Å². The summed E-state index contributed by atoms with van der Waals surface area (Å²) in [6.45, 7) is 9.90. The maximum Gasteiger partial charge on any atom is 0.253 e. The molecule has 0 spiro atoms. The Hall–Kier alpha value is -2.02. The molecule has 0 aliphatic rings. The second-order valence-electron chi connectivity index (χ2n) is 5.33. The monoisotopic (exact) mass is 287 g/mol. The van der Waals surface area contributed by atoms with Crippen LogP contribution in [-0.4, -0.2) is 30.4 Å². The van der Waals surface area contributed by atoms with E-state index in [1.54, 1.807) is 4.90 Å². The first-order valence-corrected chi connectivity index (χ1v) is 7.56. The zero-order valence-electron chi connectivity index (χ0n) is 13.4. The highest BCUT2D eigenvalue weighted by molar-refractivity contribution is 5.95. The Balaban J connectivity index is 2.86. The third-order valence-corrected chi connectivity index (χ3v) is 3.42. The summed E-state index contributed by atoms with van der Waals surface area (Å²) in [7, 11) is 0. The zero-order chi connectivity index (χ0) is 15.8. The molecular weight excluding hydrogens is 262 g/mol. The van der Waals surface area contributed by atoms with E-state index in [-0.39, 0.29) is 11.8 Å². The molecule has 0 saturated carbocycles. The summed E-state index contributed by atoms with van der Waals surface area (Å²) in [4.78, 5) is 14.2. The second-order valence-corrected chi connectivity index (χ2v) is 5.33. The lowest BCUT2D eigenvalue weighted by Gasteiger charge is -2.22. The molecule has 1 amide bonds. The van der Waals surface area contributed by atoms with Gasteiger partial charge in [-0.25, -0.2) is 0 Å². The molecule has 4 nitrogen and oxygen atoms in total. The lowest BCUT2D eigenvalue weighted by molar-refractivity contribution is 0.0752. The van der Waals surface area contributed by atoms with Gasteiger partial charge in [0, 0.05) is 30.9 Å². The van der Waals surface area contributed by atoms with Crippen LogP contribution < -0.4 is 5.32 Å². The van der Waals surface area contributed by atoms with E-state index in [0.29, 0.717) is 18.7 Å². The number of amides is 1. The van der Waals surface area contributed by atoms with Crippen molar-refractivity contribution in [1.82, 2.24) is 4.90 Å². The molecule has 21 heavy (non-hydrogen) atoms. The summed E-state index contributed by atoms with van der Waals surface area (Å²) in [5.41, 5.74) is 2.82. The molecule has 1 aromatic rings. The molecule has 0 fully saturated rings. The maximum atomic E-state index is 12.5. The molecular formula is C17H25N3O. The molecule has 0 aliphatic heterocycles. The van der Waals surface area contributed by atoms with Crippen LogP contribution in [0.5, 0.6) is 0 Å². The maximum absolute atomic E-state index is 12.5. The predicted octanol–water partition coefficient (Wildman–Crippen LogP) is 3.44. The van der Waals surface area contributed by atoms with Gasteiger partial charge in [-0.05, 0) is 51.0 Å². The number of carbonyl (C=O) groups excluding carboxylic acids is 1. The van der Waals surface area contributed by atoms with Crippen molar-refractivity contribution < 1.29 is 4.79 Å². The Bertz CT molecular complexity index is 519. The summed E-state index contributed by atoms with van der Waals surface area (Å²) in [5.74, 6) is -0.162. The van der Waals surface area contributed by atoms with E-state index < -0.39 is 0 Å². The number of hydrogen-bond donors (Lipinski definition) is 1. The van der Waals surface area contributed by atoms with E-state index in [1.807, 2.05) is 39.0 Å². The fraction of sp³-hybridized carbons (Fsp3) is 0.529.